The number of halogens is 1. The fourth-order valence-corrected chi connectivity index (χ4v) is 1.95. The Kier molecular flexibility index (Phi) is 3.92. The number of aliphatic imine (C=N–C) groups is 1. The first-order chi connectivity index (χ1) is 11.2. The summed E-state index contributed by atoms with van der Waals surface area (Å²) in [6, 6.07) is 9.67. The monoisotopic (exact) mass is 309 g/mol. The predicted octanol–water partition coefficient (Wildman–Crippen LogP) is 3.38. The van der Waals surface area contributed by atoms with E-state index in [-0.39, 0.29) is 23.3 Å². The van der Waals surface area contributed by atoms with Gasteiger partial charge in [-0.15, -0.1) is 0 Å². The molecule has 0 aliphatic heterocycles. The highest BCUT2D eigenvalue weighted by atomic mass is 19.1. The van der Waals surface area contributed by atoms with Crippen LogP contribution >= 0.6 is 0 Å². The van der Waals surface area contributed by atoms with Gasteiger partial charge < -0.3 is 10.5 Å². The molecule has 0 unspecified atom stereocenters. The standard InChI is InChI=1S/C16H12FN5O/c1-19-16-21-9-7-12(22-16)10-4-3-8-20-15(10)23-13-6-2-5-11(18)14(13)17/h2-9H,1,18H2. The average molecular weight is 309 g/mol. The van der Waals surface area contributed by atoms with Crippen molar-refractivity contribution in [2.24, 2.45) is 4.99 Å². The normalized spacial score (nSPS) is 10.3. The summed E-state index contributed by atoms with van der Waals surface area (Å²) in [7, 11) is 0. The van der Waals surface area contributed by atoms with Gasteiger partial charge >= 0.3 is 0 Å². The number of rotatable bonds is 4. The smallest absolute Gasteiger partial charge is 0.249 e. The SMILES string of the molecule is C=Nc1nccc(-c2cccnc2Oc2cccc(N)c2F)n1. The van der Waals surface area contributed by atoms with Crippen molar-refractivity contribution in [2.45, 2.75) is 0 Å². The van der Waals surface area contributed by atoms with E-state index in [1.165, 1.54) is 18.3 Å². The number of nitrogens with zero attached hydrogens (tertiary/aromatic N) is 4. The van der Waals surface area contributed by atoms with E-state index < -0.39 is 5.82 Å². The fourth-order valence-electron chi connectivity index (χ4n) is 1.95. The number of anilines is 1. The zero-order valence-electron chi connectivity index (χ0n) is 12.0. The molecular formula is C16H12FN5O. The predicted molar refractivity (Wildman–Crippen MR) is 85.4 cm³/mol. The van der Waals surface area contributed by atoms with E-state index in [0.29, 0.717) is 11.3 Å². The summed E-state index contributed by atoms with van der Waals surface area (Å²) in [6.45, 7) is 3.39. The Hall–Kier alpha value is -3.35. The molecule has 23 heavy (non-hydrogen) atoms. The van der Waals surface area contributed by atoms with Gasteiger partial charge in [-0.25, -0.2) is 24.3 Å². The molecule has 0 aliphatic rings. The molecule has 0 radical (unpaired) electrons. The molecule has 114 valence electrons. The highest BCUT2D eigenvalue weighted by molar-refractivity contribution is 5.66. The summed E-state index contributed by atoms with van der Waals surface area (Å²) < 4.78 is 19.6. The zero-order valence-corrected chi connectivity index (χ0v) is 12.0. The zero-order chi connectivity index (χ0) is 16.2. The molecule has 0 atom stereocenters. The van der Waals surface area contributed by atoms with Crippen molar-refractivity contribution < 1.29 is 9.13 Å². The van der Waals surface area contributed by atoms with Crippen molar-refractivity contribution in [3.8, 4) is 22.9 Å². The first-order valence-corrected chi connectivity index (χ1v) is 6.66. The second-order valence-electron chi connectivity index (χ2n) is 4.52. The number of hydrogen-bond donors (Lipinski definition) is 1. The summed E-state index contributed by atoms with van der Waals surface area (Å²) >= 11 is 0. The molecule has 0 saturated carbocycles. The molecule has 7 heteroatoms. The minimum absolute atomic E-state index is 0.000149. The molecule has 2 N–H and O–H groups in total. The Balaban J connectivity index is 2.04. The molecule has 2 aromatic heterocycles. The fraction of sp³-hybridized carbons (Fsp3) is 0. The third-order valence-corrected chi connectivity index (χ3v) is 3.03. The number of aromatic nitrogens is 3. The van der Waals surface area contributed by atoms with E-state index in [2.05, 4.69) is 26.7 Å². The molecule has 1 aromatic carbocycles. The maximum Gasteiger partial charge on any atom is 0.249 e. The molecular weight excluding hydrogens is 297 g/mol. The van der Waals surface area contributed by atoms with Crippen molar-refractivity contribution >= 4 is 18.4 Å². The van der Waals surface area contributed by atoms with Gasteiger partial charge in [0.2, 0.25) is 11.8 Å². The van der Waals surface area contributed by atoms with Gasteiger partial charge in [0.15, 0.2) is 11.6 Å². The van der Waals surface area contributed by atoms with Gasteiger partial charge in [0.1, 0.15) is 0 Å². The van der Waals surface area contributed by atoms with E-state index in [4.69, 9.17) is 10.5 Å². The van der Waals surface area contributed by atoms with Gasteiger partial charge in [0.05, 0.1) is 16.9 Å². The first kappa shape index (κ1) is 14.6. The van der Waals surface area contributed by atoms with Gasteiger partial charge in [0, 0.05) is 12.4 Å². The molecule has 0 amide bonds. The number of pyridine rings is 1. The van der Waals surface area contributed by atoms with Gasteiger partial charge in [-0.2, -0.15) is 0 Å². The van der Waals surface area contributed by atoms with E-state index in [0.717, 1.165) is 0 Å². The summed E-state index contributed by atoms with van der Waals surface area (Å²) in [5.74, 6) is -0.223. The number of hydrogen-bond acceptors (Lipinski definition) is 6. The van der Waals surface area contributed by atoms with Gasteiger partial charge in [-0.05, 0) is 37.0 Å². The third-order valence-electron chi connectivity index (χ3n) is 3.03. The lowest BCUT2D eigenvalue weighted by Gasteiger charge is -2.10. The van der Waals surface area contributed by atoms with Crippen LogP contribution in [0, 0.1) is 5.82 Å². The van der Waals surface area contributed by atoms with Crippen LogP contribution < -0.4 is 10.5 Å². The number of ether oxygens (including phenoxy) is 1. The van der Waals surface area contributed by atoms with E-state index in [1.54, 1.807) is 30.5 Å². The van der Waals surface area contributed by atoms with Crippen LogP contribution in [-0.4, -0.2) is 21.7 Å². The minimum atomic E-state index is -0.639. The molecule has 0 aliphatic carbocycles. The van der Waals surface area contributed by atoms with Crippen LogP contribution in [0.25, 0.3) is 11.3 Å². The molecule has 3 rings (SSSR count). The third kappa shape index (κ3) is 2.98. The molecule has 2 heterocycles. The largest absolute Gasteiger partial charge is 0.435 e. The molecule has 0 fully saturated rings. The van der Waals surface area contributed by atoms with Crippen LogP contribution in [0.4, 0.5) is 16.0 Å². The molecule has 0 saturated heterocycles. The Morgan fingerprint density at radius 2 is 1.96 bits per heavy atom. The summed E-state index contributed by atoms with van der Waals surface area (Å²) in [5.41, 5.74) is 6.65. The second-order valence-corrected chi connectivity index (χ2v) is 4.52. The van der Waals surface area contributed by atoms with Crippen molar-refractivity contribution in [2.75, 3.05) is 5.73 Å². The van der Waals surface area contributed by atoms with E-state index in [9.17, 15) is 4.39 Å². The summed E-state index contributed by atoms with van der Waals surface area (Å²) in [5, 5.41) is 0. The van der Waals surface area contributed by atoms with Crippen LogP contribution in [-0.2, 0) is 0 Å². The number of nitrogens with two attached hydrogens (primary N) is 1. The molecule has 0 bridgehead atoms. The topological polar surface area (TPSA) is 86.3 Å². The van der Waals surface area contributed by atoms with Crippen LogP contribution in [0.1, 0.15) is 0 Å². The van der Waals surface area contributed by atoms with E-state index in [1.807, 2.05) is 0 Å². The van der Waals surface area contributed by atoms with Crippen molar-refractivity contribution in [3.05, 3.63) is 54.6 Å². The summed E-state index contributed by atoms with van der Waals surface area (Å²) in [4.78, 5) is 16.0. The minimum Gasteiger partial charge on any atom is -0.435 e. The molecule has 6 nitrogen and oxygen atoms in total. The number of nitrogen functional groups attached to an aromatic ring is 1. The molecule has 3 aromatic rings. The highest BCUT2D eigenvalue weighted by Crippen LogP contribution is 2.32. The first-order valence-electron chi connectivity index (χ1n) is 6.66. The Bertz CT molecular complexity index is 869. The Labute approximate surface area is 131 Å². The van der Waals surface area contributed by atoms with Gasteiger partial charge in [-0.3, -0.25) is 0 Å². The van der Waals surface area contributed by atoms with E-state index >= 15 is 0 Å². The van der Waals surface area contributed by atoms with Crippen LogP contribution in [0.15, 0.2) is 53.8 Å². The van der Waals surface area contributed by atoms with Gasteiger partial charge in [-0.1, -0.05) is 6.07 Å². The Morgan fingerprint density at radius 1 is 1.09 bits per heavy atom. The lowest BCUT2D eigenvalue weighted by Crippen LogP contribution is -1.97. The Morgan fingerprint density at radius 3 is 2.78 bits per heavy atom. The highest BCUT2D eigenvalue weighted by Gasteiger charge is 2.14. The summed E-state index contributed by atoms with van der Waals surface area (Å²) in [6.07, 6.45) is 3.08. The van der Waals surface area contributed by atoms with Crippen molar-refractivity contribution in [1.82, 2.24) is 15.0 Å². The lowest BCUT2D eigenvalue weighted by atomic mass is 10.2. The van der Waals surface area contributed by atoms with Crippen molar-refractivity contribution in [3.63, 3.8) is 0 Å². The van der Waals surface area contributed by atoms with Crippen LogP contribution in [0.5, 0.6) is 11.6 Å². The van der Waals surface area contributed by atoms with Gasteiger partial charge in [0.25, 0.3) is 0 Å². The van der Waals surface area contributed by atoms with Crippen LogP contribution in [0.2, 0.25) is 0 Å². The number of benzene rings is 1. The van der Waals surface area contributed by atoms with Crippen molar-refractivity contribution in [1.29, 1.82) is 0 Å². The maximum atomic E-state index is 14.0. The average Bonchev–Trinajstić information content (AvgIpc) is 2.59. The lowest BCUT2D eigenvalue weighted by molar-refractivity contribution is 0.430. The maximum absolute atomic E-state index is 14.0. The second kappa shape index (κ2) is 6.18. The van der Waals surface area contributed by atoms with Crippen LogP contribution in [0.3, 0.4) is 0 Å². The molecule has 0 spiro atoms. The quantitative estimate of drug-likeness (QED) is 0.589.